The fourth-order valence-corrected chi connectivity index (χ4v) is 2.50. The molecule has 25 heavy (non-hydrogen) atoms. The zero-order chi connectivity index (χ0) is 17.5. The van der Waals surface area contributed by atoms with Crippen LogP contribution in [-0.2, 0) is 22.4 Å². The van der Waals surface area contributed by atoms with Gasteiger partial charge in [0.05, 0.1) is 11.4 Å². The third kappa shape index (κ3) is 4.49. The molecule has 0 fully saturated rings. The summed E-state index contributed by atoms with van der Waals surface area (Å²) in [6.45, 7) is 0. The molecule has 0 unspecified atom stereocenters. The number of aliphatic imine (C=N–C) groups is 2. The highest BCUT2D eigenvalue weighted by Gasteiger charge is 2.05. The number of carbonyl (C=O) groups excluding carboxylic acids is 2. The standard InChI is InChI=1S/C20H14N2O3/c23-13-21-17-5-1-15(2-6-17)11-19-9-10-20(25-19)12-16-3-7-18(8-4-16)22-14-24/h1-10H,11-12H2. The van der Waals surface area contributed by atoms with Crippen molar-refractivity contribution in [2.24, 2.45) is 9.98 Å². The molecular formula is C20H14N2O3. The Balaban J connectivity index is 1.65. The Morgan fingerprint density at radius 2 is 1.04 bits per heavy atom. The van der Waals surface area contributed by atoms with Crippen LogP contribution >= 0.6 is 0 Å². The summed E-state index contributed by atoms with van der Waals surface area (Å²) in [7, 11) is 0. The Hall–Kier alpha value is -3.52. The highest BCUT2D eigenvalue weighted by molar-refractivity contribution is 5.50. The van der Waals surface area contributed by atoms with E-state index in [-0.39, 0.29) is 0 Å². The van der Waals surface area contributed by atoms with Crippen molar-refractivity contribution in [1.82, 2.24) is 0 Å². The molecule has 1 aromatic heterocycles. The van der Waals surface area contributed by atoms with Crippen LogP contribution in [0, 0.1) is 0 Å². The molecule has 0 N–H and O–H groups in total. The van der Waals surface area contributed by atoms with Crippen LogP contribution in [0.5, 0.6) is 0 Å². The molecule has 0 radical (unpaired) electrons. The van der Waals surface area contributed by atoms with Gasteiger partial charge in [-0.3, -0.25) is 0 Å². The van der Waals surface area contributed by atoms with E-state index in [1.165, 1.54) is 12.2 Å². The molecule has 3 aromatic rings. The Morgan fingerprint density at radius 1 is 0.640 bits per heavy atom. The number of rotatable bonds is 6. The van der Waals surface area contributed by atoms with E-state index in [9.17, 15) is 9.59 Å². The number of nitrogens with zero attached hydrogens (tertiary/aromatic N) is 2. The third-order valence-electron chi connectivity index (χ3n) is 3.70. The van der Waals surface area contributed by atoms with Crippen LogP contribution in [0.3, 0.4) is 0 Å². The molecule has 0 aliphatic heterocycles. The maximum atomic E-state index is 10.2. The molecule has 2 aromatic carbocycles. The van der Waals surface area contributed by atoms with Crippen LogP contribution < -0.4 is 0 Å². The Labute approximate surface area is 144 Å². The van der Waals surface area contributed by atoms with Gasteiger partial charge in [0.15, 0.2) is 0 Å². The summed E-state index contributed by atoms with van der Waals surface area (Å²) in [4.78, 5) is 27.6. The van der Waals surface area contributed by atoms with Crippen molar-refractivity contribution >= 4 is 23.5 Å². The highest BCUT2D eigenvalue weighted by atomic mass is 16.3. The van der Waals surface area contributed by atoms with E-state index in [1.807, 2.05) is 36.4 Å². The van der Waals surface area contributed by atoms with Gasteiger partial charge in [0.1, 0.15) is 11.5 Å². The Bertz CT molecular complexity index is 865. The van der Waals surface area contributed by atoms with Gasteiger partial charge in [-0.15, -0.1) is 0 Å². The molecule has 0 saturated carbocycles. The number of isocyanates is 2. The van der Waals surface area contributed by atoms with Crippen molar-refractivity contribution < 1.29 is 14.0 Å². The van der Waals surface area contributed by atoms with Gasteiger partial charge < -0.3 is 4.42 Å². The Morgan fingerprint density at radius 3 is 1.40 bits per heavy atom. The smallest absolute Gasteiger partial charge is 0.240 e. The largest absolute Gasteiger partial charge is 0.465 e. The van der Waals surface area contributed by atoms with Crippen LogP contribution in [0.25, 0.3) is 0 Å². The first-order chi connectivity index (χ1) is 12.3. The number of furan rings is 1. The van der Waals surface area contributed by atoms with Gasteiger partial charge in [0.25, 0.3) is 0 Å². The summed E-state index contributed by atoms with van der Waals surface area (Å²) in [5.74, 6) is 1.73. The molecule has 3 rings (SSSR count). The topological polar surface area (TPSA) is 72.0 Å². The SMILES string of the molecule is O=C=Nc1ccc(Cc2ccc(Cc3ccc(N=C=O)cc3)o2)cc1. The quantitative estimate of drug-likeness (QED) is 0.497. The van der Waals surface area contributed by atoms with Crippen LogP contribution in [0.2, 0.25) is 0 Å². The maximum absolute atomic E-state index is 10.2. The van der Waals surface area contributed by atoms with Gasteiger partial charge in [-0.05, 0) is 47.5 Å². The number of hydrogen-bond acceptors (Lipinski definition) is 5. The molecule has 0 amide bonds. The van der Waals surface area contributed by atoms with Crippen LogP contribution in [0.1, 0.15) is 22.6 Å². The summed E-state index contributed by atoms with van der Waals surface area (Å²) in [5.41, 5.74) is 3.31. The number of hydrogen-bond donors (Lipinski definition) is 0. The lowest BCUT2D eigenvalue weighted by atomic mass is 10.1. The predicted octanol–water partition coefficient (Wildman–Crippen LogP) is 4.40. The van der Waals surface area contributed by atoms with Crippen LogP contribution in [0.4, 0.5) is 11.4 Å². The van der Waals surface area contributed by atoms with E-state index in [2.05, 4.69) is 9.98 Å². The second kappa shape index (κ2) is 7.84. The first-order valence-corrected chi connectivity index (χ1v) is 7.68. The molecule has 0 aliphatic carbocycles. The monoisotopic (exact) mass is 330 g/mol. The zero-order valence-corrected chi connectivity index (χ0v) is 13.3. The van der Waals surface area contributed by atoms with E-state index in [4.69, 9.17) is 4.42 Å². The van der Waals surface area contributed by atoms with Crippen molar-refractivity contribution in [1.29, 1.82) is 0 Å². The fourth-order valence-electron chi connectivity index (χ4n) is 2.50. The van der Waals surface area contributed by atoms with Gasteiger partial charge in [-0.25, -0.2) is 9.59 Å². The third-order valence-corrected chi connectivity index (χ3v) is 3.70. The van der Waals surface area contributed by atoms with E-state index in [0.29, 0.717) is 24.2 Å². The number of benzene rings is 2. The van der Waals surface area contributed by atoms with Crippen molar-refractivity contribution in [2.75, 3.05) is 0 Å². The summed E-state index contributed by atoms with van der Waals surface area (Å²) in [6, 6.07) is 18.6. The molecule has 122 valence electrons. The summed E-state index contributed by atoms with van der Waals surface area (Å²) in [6.07, 6.45) is 4.37. The van der Waals surface area contributed by atoms with E-state index in [0.717, 1.165) is 22.6 Å². The van der Waals surface area contributed by atoms with Gasteiger partial charge in [0.2, 0.25) is 12.2 Å². The van der Waals surface area contributed by atoms with Gasteiger partial charge >= 0.3 is 0 Å². The van der Waals surface area contributed by atoms with Crippen molar-refractivity contribution in [3.05, 3.63) is 83.3 Å². The van der Waals surface area contributed by atoms with Gasteiger partial charge in [-0.2, -0.15) is 9.98 Å². The molecule has 0 spiro atoms. The summed E-state index contributed by atoms with van der Waals surface area (Å²) >= 11 is 0. The average Bonchev–Trinajstić information content (AvgIpc) is 3.06. The van der Waals surface area contributed by atoms with E-state index in [1.54, 1.807) is 24.3 Å². The highest BCUT2D eigenvalue weighted by Crippen LogP contribution is 2.20. The lowest BCUT2D eigenvalue weighted by molar-refractivity contribution is 0.482. The van der Waals surface area contributed by atoms with Crippen LogP contribution in [0.15, 0.2) is 75.1 Å². The van der Waals surface area contributed by atoms with Gasteiger partial charge in [-0.1, -0.05) is 24.3 Å². The minimum Gasteiger partial charge on any atom is -0.465 e. The molecule has 5 heteroatoms. The molecule has 0 atom stereocenters. The fraction of sp³-hybridized carbons (Fsp3) is 0.100. The van der Waals surface area contributed by atoms with Crippen molar-refractivity contribution in [3.63, 3.8) is 0 Å². The normalized spacial score (nSPS) is 9.92. The minimum atomic E-state index is 0.584. The lowest BCUT2D eigenvalue weighted by Crippen LogP contribution is -1.86. The molecule has 0 aliphatic rings. The molecule has 0 bridgehead atoms. The van der Waals surface area contributed by atoms with Crippen LogP contribution in [-0.4, -0.2) is 12.2 Å². The second-order valence-corrected chi connectivity index (χ2v) is 5.46. The van der Waals surface area contributed by atoms with E-state index >= 15 is 0 Å². The first kappa shape index (κ1) is 16.3. The zero-order valence-electron chi connectivity index (χ0n) is 13.3. The minimum absolute atomic E-state index is 0.584. The van der Waals surface area contributed by atoms with Crippen molar-refractivity contribution in [3.8, 4) is 0 Å². The first-order valence-electron chi connectivity index (χ1n) is 7.68. The summed E-state index contributed by atoms with van der Waals surface area (Å²) in [5, 5.41) is 0. The maximum Gasteiger partial charge on any atom is 0.240 e. The van der Waals surface area contributed by atoms with Crippen molar-refractivity contribution in [2.45, 2.75) is 12.8 Å². The average molecular weight is 330 g/mol. The van der Waals surface area contributed by atoms with E-state index < -0.39 is 0 Å². The lowest BCUT2D eigenvalue weighted by Gasteiger charge is -2.01. The Kier molecular flexibility index (Phi) is 5.13. The molecular weight excluding hydrogens is 316 g/mol. The molecule has 0 saturated heterocycles. The molecule has 1 heterocycles. The van der Waals surface area contributed by atoms with Gasteiger partial charge in [0, 0.05) is 12.8 Å². The molecule has 5 nitrogen and oxygen atoms in total. The predicted molar refractivity (Wildman–Crippen MR) is 92.8 cm³/mol. The second-order valence-electron chi connectivity index (χ2n) is 5.46. The summed E-state index contributed by atoms with van der Waals surface area (Å²) < 4.78 is 5.88.